The lowest BCUT2D eigenvalue weighted by Gasteiger charge is -2.47. The Morgan fingerprint density at radius 2 is 1.81 bits per heavy atom. The first kappa shape index (κ1) is 27.7. The molecular formula is C29H28F3N7O3. The van der Waals surface area contributed by atoms with Crippen LogP contribution >= 0.6 is 0 Å². The van der Waals surface area contributed by atoms with Gasteiger partial charge in [-0.25, -0.2) is 4.79 Å². The molecule has 42 heavy (non-hydrogen) atoms. The summed E-state index contributed by atoms with van der Waals surface area (Å²) in [6.07, 6.45) is -2.71. The molecule has 1 aromatic carbocycles. The molecule has 218 valence electrons. The molecule has 1 saturated carbocycles. The minimum Gasteiger partial charge on any atom is -0.406 e. The normalized spacial score (nSPS) is 20.5. The Kier molecular flexibility index (Phi) is 6.89. The van der Waals surface area contributed by atoms with Gasteiger partial charge >= 0.3 is 12.1 Å². The monoisotopic (exact) mass is 579 g/mol. The Bertz CT molecular complexity index is 1720. The van der Waals surface area contributed by atoms with Crippen LogP contribution in [-0.2, 0) is 7.05 Å². The largest absolute Gasteiger partial charge is 0.573 e. The van der Waals surface area contributed by atoms with Crippen molar-refractivity contribution in [1.82, 2.24) is 24.6 Å². The Morgan fingerprint density at radius 1 is 1.07 bits per heavy atom. The number of alkyl halides is 3. The molecule has 0 radical (unpaired) electrons. The highest BCUT2D eigenvalue weighted by molar-refractivity contribution is 5.87. The fourth-order valence-corrected chi connectivity index (χ4v) is 5.65. The number of piperazine rings is 1. The minimum atomic E-state index is -4.78. The lowest BCUT2D eigenvalue weighted by molar-refractivity contribution is -0.274. The quantitative estimate of drug-likeness (QED) is 0.283. The molecule has 6 rings (SSSR count). The van der Waals surface area contributed by atoms with Crippen molar-refractivity contribution in [2.45, 2.75) is 57.1 Å². The summed E-state index contributed by atoms with van der Waals surface area (Å²) >= 11 is 0. The summed E-state index contributed by atoms with van der Waals surface area (Å²) in [4.78, 5) is 29.3. The molecule has 0 spiro atoms. The average molecular weight is 580 g/mol. The zero-order valence-electron chi connectivity index (χ0n) is 23.2. The molecule has 4 aromatic rings. The van der Waals surface area contributed by atoms with Gasteiger partial charge in [0.25, 0.3) is 5.82 Å². The molecule has 1 saturated heterocycles. The van der Waals surface area contributed by atoms with Gasteiger partial charge in [0.1, 0.15) is 17.2 Å². The van der Waals surface area contributed by atoms with Crippen molar-refractivity contribution in [2.75, 3.05) is 18.0 Å². The van der Waals surface area contributed by atoms with Crippen molar-refractivity contribution < 1.29 is 22.4 Å². The molecule has 3 atom stereocenters. The van der Waals surface area contributed by atoms with Gasteiger partial charge in [0.05, 0.1) is 11.6 Å². The number of pyridine rings is 1. The van der Waals surface area contributed by atoms with Crippen LogP contribution in [0.15, 0.2) is 51.8 Å². The molecule has 1 aliphatic carbocycles. The van der Waals surface area contributed by atoms with E-state index < -0.39 is 18.1 Å². The zero-order chi connectivity index (χ0) is 29.8. The van der Waals surface area contributed by atoms with Crippen molar-refractivity contribution in [1.29, 1.82) is 0 Å². The van der Waals surface area contributed by atoms with Gasteiger partial charge in [-0.3, -0.25) is 9.47 Å². The first-order valence-corrected chi connectivity index (χ1v) is 13.6. The lowest BCUT2D eigenvalue weighted by atomic mass is 9.96. The molecular weight excluding hydrogens is 551 g/mol. The smallest absolute Gasteiger partial charge is 0.406 e. The van der Waals surface area contributed by atoms with Gasteiger partial charge < -0.3 is 19.0 Å². The Balaban J connectivity index is 1.36. The van der Waals surface area contributed by atoms with E-state index in [1.54, 1.807) is 31.3 Å². The van der Waals surface area contributed by atoms with Crippen LogP contribution in [0, 0.1) is 6.57 Å². The maximum absolute atomic E-state index is 12.8. The summed E-state index contributed by atoms with van der Waals surface area (Å²) in [6, 6.07) is 10.4. The molecule has 4 heterocycles. The summed E-state index contributed by atoms with van der Waals surface area (Å²) in [5.41, 5.74) is 2.04. The van der Waals surface area contributed by atoms with Crippen LogP contribution < -0.4 is 15.3 Å². The second-order valence-corrected chi connectivity index (χ2v) is 10.9. The van der Waals surface area contributed by atoms with E-state index in [2.05, 4.69) is 29.6 Å². The lowest BCUT2D eigenvalue weighted by Crippen LogP contribution is -2.58. The third-order valence-electron chi connectivity index (χ3n) is 7.91. The molecule has 1 aliphatic heterocycles. The van der Waals surface area contributed by atoms with E-state index in [1.807, 2.05) is 24.8 Å². The van der Waals surface area contributed by atoms with E-state index in [0.717, 1.165) is 24.2 Å². The number of hydrogen-bond donors (Lipinski definition) is 0. The number of fused-ring (bicyclic) bond motifs is 1. The van der Waals surface area contributed by atoms with Crippen LogP contribution in [0.4, 0.5) is 24.8 Å². The Hall–Kier alpha value is -4.44. The number of aromatic nitrogens is 4. The van der Waals surface area contributed by atoms with Crippen LogP contribution in [0.3, 0.4) is 0 Å². The fraction of sp³-hybridized carbons (Fsp3) is 0.414. The first-order valence-electron chi connectivity index (χ1n) is 13.6. The topological polar surface area (TPSA) is 93.9 Å². The van der Waals surface area contributed by atoms with Crippen molar-refractivity contribution in [3.8, 4) is 5.75 Å². The van der Waals surface area contributed by atoms with Gasteiger partial charge in [0, 0.05) is 44.2 Å². The third kappa shape index (κ3) is 5.30. The van der Waals surface area contributed by atoms with Gasteiger partial charge in [-0.1, -0.05) is 23.9 Å². The van der Waals surface area contributed by atoms with Crippen LogP contribution in [0.5, 0.6) is 5.75 Å². The van der Waals surface area contributed by atoms with E-state index in [1.165, 1.54) is 16.7 Å². The third-order valence-corrected chi connectivity index (χ3v) is 7.91. The fourth-order valence-electron chi connectivity index (χ4n) is 5.65. The number of rotatable bonds is 6. The number of halogens is 3. The SMILES string of the molecule is [C-]#[N+]c1ccc2c(n1)c(N1C[C@@H](C)N(C(c3ccc(OC(F)(F)F)cc3)c3cc(C4CC4)on3)C[C@@H]1C)nc(=O)n2C. The van der Waals surface area contributed by atoms with E-state index >= 15 is 0 Å². The van der Waals surface area contributed by atoms with E-state index in [0.29, 0.717) is 41.6 Å². The predicted octanol–water partition coefficient (Wildman–Crippen LogP) is 5.33. The van der Waals surface area contributed by atoms with Crippen LogP contribution in [-0.4, -0.2) is 56.1 Å². The van der Waals surface area contributed by atoms with Crippen molar-refractivity contribution in [2.24, 2.45) is 7.05 Å². The summed E-state index contributed by atoms with van der Waals surface area (Å²) in [5, 5.41) is 4.39. The van der Waals surface area contributed by atoms with Crippen LogP contribution in [0.2, 0.25) is 0 Å². The summed E-state index contributed by atoms with van der Waals surface area (Å²) in [5.74, 6) is 1.48. The second kappa shape index (κ2) is 10.4. The maximum atomic E-state index is 12.8. The van der Waals surface area contributed by atoms with Crippen LogP contribution in [0.25, 0.3) is 15.9 Å². The summed E-state index contributed by atoms with van der Waals surface area (Å²) in [6.45, 7) is 12.4. The second-order valence-electron chi connectivity index (χ2n) is 10.9. The molecule has 0 bridgehead atoms. The van der Waals surface area contributed by atoms with Gasteiger partial charge in [-0.15, -0.1) is 18.2 Å². The number of hydrogen-bond acceptors (Lipinski definition) is 8. The number of anilines is 1. The van der Waals surface area contributed by atoms with Crippen molar-refractivity contribution in [3.05, 3.63) is 81.4 Å². The van der Waals surface area contributed by atoms with Gasteiger partial charge in [-0.05, 0) is 56.5 Å². The van der Waals surface area contributed by atoms with E-state index in [9.17, 15) is 18.0 Å². The molecule has 13 heteroatoms. The standard InChI is InChI=1S/C29H28F3N7O3/c1-16-15-39(27-25-22(37(4)28(40)35-27)11-12-24(33-3)34-25)17(2)14-38(16)26(21-13-23(42-36-21)18-5-6-18)19-7-9-20(10-8-19)41-29(30,31)32/h7-13,16-18,26H,5-6,14-15H2,1-2,4H3/t16-,17+,26?/m1/s1. The zero-order valence-corrected chi connectivity index (χ0v) is 23.2. The molecule has 0 amide bonds. The number of nitrogens with zero attached hydrogens (tertiary/aromatic N) is 7. The van der Waals surface area contributed by atoms with Gasteiger partial charge in [0.15, 0.2) is 5.82 Å². The summed E-state index contributed by atoms with van der Waals surface area (Å²) in [7, 11) is 1.62. The first-order chi connectivity index (χ1) is 20.0. The Morgan fingerprint density at radius 3 is 2.48 bits per heavy atom. The summed E-state index contributed by atoms with van der Waals surface area (Å²) < 4.78 is 49.6. The van der Waals surface area contributed by atoms with Crippen molar-refractivity contribution >= 4 is 22.7 Å². The molecule has 10 nitrogen and oxygen atoms in total. The Labute approximate surface area is 239 Å². The number of aryl methyl sites for hydroxylation is 1. The highest BCUT2D eigenvalue weighted by Crippen LogP contribution is 2.42. The van der Waals surface area contributed by atoms with Gasteiger partial charge in [-0.2, -0.15) is 4.98 Å². The average Bonchev–Trinajstić information content (AvgIpc) is 3.69. The number of ether oxygens (including phenoxy) is 1. The van der Waals surface area contributed by atoms with Crippen molar-refractivity contribution in [3.63, 3.8) is 0 Å². The highest BCUT2D eigenvalue weighted by Gasteiger charge is 2.39. The maximum Gasteiger partial charge on any atom is 0.573 e. The molecule has 3 aromatic heterocycles. The van der Waals surface area contributed by atoms with Gasteiger partial charge in [0.2, 0.25) is 5.52 Å². The highest BCUT2D eigenvalue weighted by atomic mass is 19.4. The minimum absolute atomic E-state index is 0.108. The van der Waals surface area contributed by atoms with E-state index in [4.69, 9.17) is 11.1 Å². The molecule has 2 fully saturated rings. The molecule has 0 N–H and O–H groups in total. The predicted molar refractivity (Wildman–Crippen MR) is 147 cm³/mol. The van der Waals surface area contributed by atoms with E-state index in [-0.39, 0.29) is 23.7 Å². The molecule has 1 unspecified atom stereocenters. The van der Waals surface area contributed by atoms with Crippen LogP contribution in [0.1, 0.15) is 55.7 Å². The molecule has 2 aliphatic rings. The number of benzene rings is 1.